The average molecular weight is 414 g/mol. The summed E-state index contributed by atoms with van der Waals surface area (Å²) in [5.41, 5.74) is 1.77. The summed E-state index contributed by atoms with van der Waals surface area (Å²) in [4.78, 5) is 43.8. The second-order valence-electron chi connectivity index (χ2n) is 8.71. The first-order valence-electron chi connectivity index (χ1n) is 11.0. The van der Waals surface area contributed by atoms with E-state index in [-0.39, 0.29) is 36.0 Å². The van der Waals surface area contributed by atoms with Crippen LogP contribution in [0.25, 0.3) is 0 Å². The highest BCUT2D eigenvalue weighted by Gasteiger charge is 2.39. The lowest BCUT2D eigenvalue weighted by Crippen LogP contribution is -2.53. The van der Waals surface area contributed by atoms with Gasteiger partial charge in [-0.15, -0.1) is 0 Å². The maximum absolute atomic E-state index is 13.1. The first kappa shape index (κ1) is 20.7. The molecule has 1 atom stereocenters. The van der Waals surface area contributed by atoms with Gasteiger partial charge >= 0.3 is 0 Å². The highest BCUT2D eigenvalue weighted by atomic mass is 16.5. The van der Waals surface area contributed by atoms with Crippen molar-refractivity contribution in [2.45, 2.75) is 39.0 Å². The van der Waals surface area contributed by atoms with Crippen LogP contribution in [0.2, 0.25) is 0 Å². The van der Waals surface area contributed by atoms with Gasteiger partial charge in [-0.3, -0.25) is 14.4 Å². The molecule has 162 valence electrons. The minimum absolute atomic E-state index is 0.0189. The molecule has 2 heterocycles. The number of rotatable bonds is 4. The number of hydrogen-bond donors (Lipinski definition) is 0. The van der Waals surface area contributed by atoms with Gasteiger partial charge in [0, 0.05) is 45.1 Å². The van der Waals surface area contributed by atoms with E-state index in [1.807, 2.05) is 34.9 Å². The molecule has 0 spiro atoms. The lowest BCUT2D eigenvalue weighted by Gasteiger charge is -2.37. The van der Waals surface area contributed by atoms with Gasteiger partial charge in [-0.2, -0.15) is 0 Å². The molecule has 1 unspecified atom stereocenters. The zero-order valence-electron chi connectivity index (χ0n) is 17.9. The summed E-state index contributed by atoms with van der Waals surface area (Å²) < 4.78 is 5.42. The monoisotopic (exact) mass is 413 g/mol. The Kier molecular flexibility index (Phi) is 5.97. The van der Waals surface area contributed by atoms with Crippen molar-refractivity contribution in [3.05, 3.63) is 23.8 Å². The van der Waals surface area contributed by atoms with Crippen molar-refractivity contribution < 1.29 is 19.1 Å². The van der Waals surface area contributed by atoms with Gasteiger partial charge < -0.3 is 19.4 Å². The second-order valence-corrected chi connectivity index (χ2v) is 8.71. The van der Waals surface area contributed by atoms with Crippen molar-refractivity contribution in [1.82, 2.24) is 9.80 Å². The zero-order valence-corrected chi connectivity index (χ0v) is 17.9. The van der Waals surface area contributed by atoms with Gasteiger partial charge in [-0.1, -0.05) is 18.9 Å². The molecule has 0 radical (unpaired) electrons. The molecule has 30 heavy (non-hydrogen) atoms. The number of hydrogen-bond acceptors (Lipinski definition) is 4. The van der Waals surface area contributed by atoms with Crippen LogP contribution in [0.5, 0.6) is 5.75 Å². The van der Waals surface area contributed by atoms with E-state index in [0.29, 0.717) is 38.5 Å². The molecule has 2 saturated heterocycles. The number of anilines is 1. The van der Waals surface area contributed by atoms with Crippen LogP contribution < -0.4 is 9.64 Å². The molecule has 1 aromatic rings. The lowest BCUT2D eigenvalue weighted by atomic mass is 10.0. The highest BCUT2D eigenvalue weighted by Crippen LogP contribution is 2.34. The lowest BCUT2D eigenvalue weighted by molar-refractivity contribution is -0.143. The van der Waals surface area contributed by atoms with Gasteiger partial charge in [-0.05, 0) is 37.5 Å². The Labute approximate surface area is 177 Å². The average Bonchev–Trinajstić information content (AvgIpc) is 3.43. The highest BCUT2D eigenvalue weighted by molar-refractivity contribution is 6.01. The van der Waals surface area contributed by atoms with E-state index in [9.17, 15) is 14.4 Å². The summed E-state index contributed by atoms with van der Waals surface area (Å²) in [6.07, 6.45) is 4.51. The van der Waals surface area contributed by atoms with Crippen LogP contribution in [0.3, 0.4) is 0 Å². The van der Waals surface area contributed by atoms with Crippen LogP contribution in [0.4, 0.5) is 5.69 Å². The summed E-state index contributed by atoms with van der Waals surface area (Å²) in [5, 5.41) is 0. The van der Waals surface area contributed by atoms with E-state index in [2.05, 4.69) is 0 Å². The number of carbonyl (C=O) groups is 3. The van der Waals surface area contributed by atoms with Gasteiger partial charge in [-0.25, -0.2) is 0 Å². The van der Waals surface area contributed by atoms with Crippen molar-refractivity contribution in [2.75, 3.05) is 44.7 Å². The third-order valence-corrected chi connectivity index (χ3v) is 6.71. The molecule has 3 amide bonds. The fourth-order valence-corrected chi connectivity index (χ4v) is 4.95. The Morgan fingerprint density at radius 1 is 0.967 bits per heavy atom. The van der Waals surface area contributed by atoms with Crippen LogP contribution in [0.1, 0.15) is 37.7 Å². The molecule has 3 aliphatic rings. The number of nitrogens with zero attached hydrogens (tertiary/aromatic N) is 3. The van der Waals surface area contributed by atoms with Gasteiger partial charge in [0.05, 0.1) is 18.7 Å². The predicted octanol–water partition coefficient (Wildman–Crippen LogP) is 2.22. The summed E-state index contributed by atoms with van der Waals surface area (Å²) in [6.45, 7) is 4.64. The summed E-state index contributed by atoms with van der Waals surface area (Å²) >= 11 is 0. The van der Waals surface area contributed by atoms with Gasteiger partial charge in [0.15, 0.2) is 0 Å². The minimum Gasteiger partial charge on any atom is -0.495 e. The SMILES string of the molecule is COc1ccc(C)cc1N1CC(C(=O)N2CCN(C(=O)C3CCCC3)CC2)CC1=O. The van der Waals surface area contributed by atoms with Crippen LogP contribution in [0.15, 0.2) is 18.2 Å². The Morgan fingerprint density at radius 2 is 1.57 bits per heavy atom. The van der Waals surface area contributed by atoms with E-state index in [1.54, 1.807) is 12.0 Å². The molecule has 7 heteroatoms. The molecule has 0 bridgehead atoms. The van der Waals surface area contributed by atoms with E-state index in [0.717, 1.165) is 36.9 Å². The summed E-state index contributed by atoms with van der Waals surface area (Å²) in [7, 11) is 1.59. The molecule has 1 saturated carbocycles. The quantitative estimate of drug-likeness (QED) is 0.759. The zero-order chi connectivity index (χ0) is 21.3. The standard InChI is InChI=1S/C23H31N3O4/c1-16-7-8-20(30-2)19(13-16)26-15-18(14-21(26)27)23(29)25-11-9-24(10-12-25)22(28)17-5-3-4-6-17/h7-8,13,17-18H,3-6,9-12,14-15H2,1-2H3. The number of carbonyl (C=O) groups excluding carboxylic acids is 3. The number of ether oxygens (including phenoxy) is 1. The number of amides is 3. The van der Waals surface area contributed by atoms with Crippen molar-refractivity contribution in [1.29, 1.82) is 0 Å². The van der Waals surface area contributed by atoms with Gasteiger partial charge in [0.1, 0.15) is 5.75 Å². The minimum atomic E-state index is -0.347. The largest absolute Gasteiger partial charge is 0.495 e. The van der Waals surface area contributed by atoms with Crippen molar-refractivity contribution in [2.24, 2.45) is 11.8 Å². The molecule has 1 aliphatic carbocycles. The molecule has 0 N–H and O–H groups in total. The first-order valence-corrected chi connectivity index (χ1v) is 11.0. The molecular weight excluding hydrogens is 382 g/mol. The topological polar surface area (TPSA) is 70.2 Å². The summed E-state index contributed by atoms with van der Waals surface area (Å²) in [6, 6.07) is 5.72. The van der Waals surface area contributed by atoms with E-state index in [4.69, 9.17) is 4.74 Å². The van der Waals surface area contributed by atoms with E-state index in [1.165, 1.54) is 0 Å². The normalized spacial score (nSPS) is 22.7. The molecule has 3 fully saturated rings. The predicted molar refractivity (Wildman–Crippen MR) is 113 cm³/mol. The number of benzene rings is 1. The van der Waals surface area contributed by atoms with Gasteiger partial charge in [0.25, 0.3) is 0 Å². The van der Waals surface area contributed by atoms with Crippen molar-refractivity contribution >= 4 is 23.4 Å². The number of piperazine rings is 1. The summed E-state index contributed by atoms with van der Waals surface area (Å²) in [5.74, 6) is 0.699. The molecule has 4 rings (SSSR count). The Bertz CT molecular complexity index is 826. The van der Waals surface area contributed by atoms with Crippen LogP contribution in [0, 0.1) is 18.8 Å². The fraction of sp³-hybridized carbons (Fsp3) is 0.609. The van der Waals surface area contributed by atoms with Crippen LogP contribution in [-0.4, -0.2) is 67.4 Å². The maximum atomic E-state index is 13.1. The Morgan fingerprint density at radius 3 is 2.17 bits per heavy atom. The van der Waals surface area contributed by atoms with Crippen molar-refractivity contribution in [3.63, 3.8) is 0 Å². The van der Waals surface area contributed by atoms with Crippen LogP contribution in [-0.2, 0) is 14.4 Å². The molecular formula is C23H31N3O4. The maximum Gasteiger partial charge on any atom is 0.228 e. The molecule has 7 nitrogen and oxygen atoms in total. The smallest absolute Gasteiger partial charge is 0.228 e. The fourth-order valence-electron chi connectivity index (χ4n) is 4.95. The number of methoxy groups -OCH3 is 1. The van der Waals surface area contributed by atoms with E-state index < -0.39 is 0 Å². The third-order valence-electron chi connectivity index (χ3n) is 6.71. The van der Waals surface area contributed by atoms with Crippen LogP contribution >= 0.6 is 0 Å². The van der Waals surface area contributed by atoms with E-state index >= 15 is 0 Å². The molecule has 1 aromatic carbocycles. The number of aryl methyl sites for hydroxylation is 1. The first-order chi connectivity index (χ1) is 14.5. The molecule has 0 aromatic heterocycles. The second kappa shape index (κ2) is 8.66. The third kappa shape index (κ3) is 4.02. The Hall–Kier alpha value is -2.57. The molecule has 2 aliphatic heterocycles. The Balaban J connectivity index is 1.36. The van der Waals surface area contributed by atoms with Crippen molar-refractivity contribution in [3.8, 4) is 5.75 Å². The van der Waals surface area contributed by atoms with Gasteiger partial charge in [0.2, 0.25) is 17.7 Å².